The third-order valence-electron chi connectivity index (χ3n) is 4.71. The molecule has 2 fully saturated rings. The second-order valence-electron chi connectivity index (χ2n) is 6.35. The molecule has 1 amide bonds. The number of carbonyl (C=O) groups is 1. The number of halogens is 2. The van der Waals surface area contributed by atoms with Gasteiger partial charge in [-0.25, -0.2) is 4.98 Å². The molecule has 2 aliphatic rings. The van der Waals surface area contributed by atoms with Crippen molar-refractivity contribution in [1.29, 1.82) is 0 Å². The van der Waals surface area contributed by atoms with Crippen LogP contribution in [-0.4, -0.2) is 52.9 Å². The number of piperidine rings is 2. The van der Waals surface area contributed by atoms with Crippen LogP contribution in [0.15, 0.2) is 3.92 Å². The zero-order valence-corrected chi connectivity index (χ0v) is 15.9. The Labute approximate surface area is 149 Å². The zero-order valence-electron chi connectivity index (χ0n) is 12.7. The van der Waals surface area contributed by atoms with Gasteiger partial charge in [0, 0.05) is 25.7 Å². The predicted molar refractivity (Wildman–Crippen MR) is 93.7 cm³/mol. The van der Waals surface area contributed by atoms with Crippen LogP contribution in [0.2, 0.25) is 5.15 Å². The summed E-state index contributed by atoms with van der Waals surface area (Å²) in [6.07, 6.45) is 4.80. The van der Waals surface area contributed by atoms with Gasteiger partial charge in [-0.15, -0.1) is 11.3 Å². The van der Waals surface area contributed by atoms with Crippen LogP contribution < -0.4 is 0 Å². The Bertz CT molecular complexity index is 545. The number of rotatable bonds is 2. The van der Waals surface area contributed by atoms with Gasteiger partial charge in [0.05, 0.1) is 0 Å². The summed E-state index contributed by atoms with van der Waals surface area (Å²) in [5, 5.41) is 0.314. The molecule has 0 bridgehead atoms. The van der Waals surface area contributed by atoms with Gasteiger partial charge in [-0.3, -0.25) is 9.69 Å². The van der Waals surface area contributed by atoms with Crippen molar-refractivity contribution in [2.45, 2.75) is 38.6 Å². The molecule has 0 saturated carbocycles. The van der Waals surface area contributed by atoms with Crippen LogP contribution in [0.1, 0.15) is 42.3 Å². The van der Waals surface area contributed by atoms with Crippen LogP contribution in [0.5, 0.6) is 0 Å². The molecule has 0 aromatic carbocycles. The van der Waals surface area contributed by atoms with Gasteiger partial charge in [0.1, 0.15) is 4.88 Å². The molecular weight excluding hydrogens is 386 g/mol. The second kappa shape index (κ2) is 7.16. The molecule has 1 aromatic rings. The van der Waals surface area contributed by atoms with Crippen molar-refractivity contribution in [2.24, 2.45) is 5.92 Å². The van der Waals surface area contributed by atoms with E-state index in [9.17, 15) is 4.79 Å². The Balaban J connectivity index is 1.57. The van der Waals surface area contributed by atoms with E-state index in [2.05, 4.69) is 32.7 Å². The highest BCUT2D eigenvalue weighted by atomic mass is 79.9. The molecule has 1 atom stereocenters. The van der Waals surface area contributed by atoms with Crippen LogP contribution in [0, 0.1) is 5.92 Å². The average molecular weight is 407 g/mol. The van der Waals surface area contributed by atoms with Crippen molar-refractivity contribution in [3.63, 3.8) is 0 Å². The molecule has 3 rings (SSSR count). The quantitative estimate of drug-likeness (QED) is 0.747. The first-order valence-corrected chi connectivity index (χ1v) is 9.88. The van der Waals surface area contributed by atoms with Gasteiger partial charge in [-0.2, -0.15) is 0 Å². The van der Waals surface area contributed by atoms with E-state index < -0.39 is 0 Å². The van der Waals surface area contributed by atoms with Gasteiger partial charge in [-0.05, 0) is 54.1 Å². The Hall–Kier alpha value is -0.170. The summed E-state index contributed by atoms with van der Waals surface area (Å²) in [7, 11) is 0. The number of likely N-dealkylation sites (tertiary alicyclic amines) is 2. The predicted octanol–water partition coefficient (Wildman–Crippen LogP) is 3.90. The van der Waals surface area contributed by atoms with Crippen LogP contribution in [0.25, 0.3) is 0 Å². The highest BCUT2D eigenvalue weighted by molar-refractivity contribution is 9.11. The Morgan fingerprint density at radius 2 is 2.05 bits per heavy atom. The van der Waals surface area contributed by atoms with Gasteiger partial charge < -0.3 is 4.90 Å². The van der Waals surface area contributed by atoms with Crippen molar-refractivity contribution >= 4 is 44.8 Å². The number of nitrogens with zero attached hydrogens (tertiary/aromatic N) is 3. The van der Waals surface area contributed by atoms with Gasteiger partial charge in [0.15, 0.2) is 9.07 Å². The smallest absolute Gasteiger partial charge is 0.267 e. The molecule has 3 heterocycles. The lowest BCUT2D eigenvalue weighted by atomic mass is 9.95. The number of hydrogen-bond acceptors (Lipinski definition) is 4. The molecule has 4 nitrogen and oxygen atoms in total. The molecular formula is C15H21BrClN3OS. The molecule has 1 aromatic heterocycles. The molecule has 2 saturated heterocycles. The molecule has 0 N–H and O–H groups in total. The first-order chi connectivity index (χ1) is 10.5. The highest BCUT2D eigenvalue weighted by Gasteiger charge is 2.30. The van der Waals surface area contributed by atoms with Crippen LogP contribution in [-0.2, 0) is 0 Å². The number of carbonyl (C=O) groups excluding carboxylic acids is 1. The second-order valence-corrected chi connectivity index (χ2v) is 8.99. The largest absolute Gasteiger partial charge is 0.338 e. The summed E-state index contributed by atoms with van der Waals surface area (Å²) >= 11 is 10.6. The van der Waals surface area contributed by atoms with E-state index in [1.807, 2.05) is 4.90 Å². The summed E-state index contributed by atoms with van der Waals surface area (Å²) in [5.74, 6) is 0.834. The summed E-state index contributed by atoms with van der Waals surface area (Å²) in [5.41, 5.74) is 0. The van der Waals surface area contributed by atoms with Gasteiger partial charge in [0.2, 0.25) is 0 Å². The highest BCUT2D eigenvalue weighted by Crippen LogP contribution is 2.30. The maximum Gasteiger partial charge on any atom is 0.267 e. The normalized spacial score (nSPS) is 24.7. The molecule has 122 valence electrons. The molecule has 0 spiro atoms. The lowest BCUT2D eigenvalue weighted by molar-refractivity contribution is 0.0545. The summed E-state index contributed by atoms with van der Waals surface area (Å²) in [6.45, 7) is 6.41. The van der Waals surface area contributed by atoms with E-state index in [0.29, 0.717) is 20.0 Å². The Morgan fingerprint density at radius 1 is 1.32 bits per heavy atom. The number of thiazole rings is 1. The fourth-order valence-electron chi connectivity index (χ4n) is 3.54. The van der Waals surface area contributed by atoms with E-state index in [1.165, 1.54) is 37.3 Å². The van der Waals surface area contributed by atoms with E-state index in [4.69, 9.17) is 11.6 Å². The molecule has 0 aliphatic carbocycles. The first kappa shape index (κ1) is 16.7. The maximum absolute atomic E-state index is 12.5. The summed E-state index contributed by atoms with van der Waals surface area (Å²) in [6, 6.07) is 0.635. The molecule has 22 heavy (non-hydrogen) atoms. The van der Waals surface area contributed by atoms with Gasteiger partial charge in [-0.1, -0.05) is 18.5 Å². The minimum atomic E-state index is 0.0265. The summed E-state index contributed by atoms with van der Waals surface area (Å²) in [4.78, 5) is 21.7. The molecule has 2 aliphatic heterocycles. The van der Waals surface area contributed by atoms with Crippen molar-refractivity contribution in [3.8, 4) is 0 Å². The lowest BCUT2D eigenvalue weighted by Gasteiger charge is -2.41. The third kappa shape index (κ3) is 3.66. The number of amides is 1. The minimum absolute atomic E-state index is 0.0265. The van der Waals surface area contributed by atoms with Crippen molar-refractivity contribution < 1.29 is 4.79 Å². The molecule has 7 heteroatoms. The number of aromatic nitrogens is 1. The van der Waals surface area contributed by atoms with Crippen LogP contribution in [0.4, 0.5) is 0 Å². The standard InChI is InChI=1S/C15H21BrClN3OS/c1-10-3-2-6-20(9-10)11-4-7-19(8-5-11)14(21)12-13(17)18-15(16)22-12/h10-11H,2-9H2,1H3/t10-/m1/s1. The van der Waals surface area contributed by atoms with Gasteiger partial charge >= 0.3 is 0 Å². The monoisotopic (exact) mass is 405 g/mol. The van der Waals surface area contributed by atoms with Crippen molar-refractivity contribution in [1.82, 2.24) is 14.8 Å². The zero-order chi connectivity index (χ0) is 15.7. The minimum Gasteiger partial charge on any atom is -0.338 e. The molecule has 0 unspecified atom stereocenters. The fraction of sp³-hybridized carbons (Fsp3) is 0.733. The number of hydrogen-bond donors (Lipinski definition) is 0. The van der Waals surface area contributed by atoms with Crippen LogP contribution >= 0.6 is 38.9 Å². The Morgan fingerprint density at radius 3 is 2.64 bits per heavy atom. The topological polar surface area (TPSA) is 36.4 Å². The SMILES string of the molecule is C[C@@H]1CCCN(C2CCN(C(=O)c3sc(Br)nc3Cl)CC2)C1. The van der Waals surface area contributed by atoms with E-state index in [-0.39, 0.29) is 5.91 Å². The lowest BCUT2D eigenvalue weighted by Crippen LogP contribution is -2.49. The van der Waals surface area contributed by atoms with Crippen LogP contribution in [0.3, 0.4) is 0 Å². The van der Waals surface area contributed by atoms with Crippen molar-refractivity contribution in [2.75, 3.05) is 26.2 Å². The molecule has 0 radical (unpaired) electrons. The summed E-state index contributed by atoms with van der Waals surface area (Å²) < 4.78 is 0.665. The average Bonchev–Trinajstić information content (AvgIpc) is 2.85. The van der Waals surface area contributed by atoms with E-state index in [1.54, 1.807) is 0 Å². The maximum atomic E-state index is 12.5. The third-order valence-corrected chi connectivity index (χ3v) is 6.59. The van der Waals surface area contributed by atoms with E-state index in [0.717, 1.165) is 31.8 Å². The van der Waals surface area contributed by atoms with E-state index >= 15 is 0 Å². The van der Waals surface area contributed by atoms with Crippen molar-refractivity contribution in [3.05, 3.63) is 13.9 Å². The first-order valence-electron chi connectivity index (χ1n) is 7.89. The fourth-order valence-corrected chi connectivity index (χ4v) is 5.29. The van der Waals surface area contributed by atoms with Gasteiger partial charge in [0.25, 0.3) is 5.91 Å². The Kier molecular flexibility index (Phi) is 5.43.